The maximum absolute atomic E-state index is 5.90. The van der Waals surface area contributed by atoms with E-state index < -0.39 is 8.56 Å². The quantitative estimate of drug-likeness (QED) is 0.537. The van der Waals surface area contributed by atoms with Crippen LogP contribution in [-0.4, -0.2) is 99.4 Å². The average molecular weight is 320 g/mol. The summed E-state index contributed by atoms with van der Waals surface area (Å²) in [5.41, 5.74) is 0.144. The minimum absolute atomic E-state index is 0.144. The lowest BCUT2D eigenvalue weighted by atomic mass is 9.88. The number of nitrogens with zero attached hydrogens (tertiary/aromatic N) is 3. The highest BCUT2D eigenvalue weighted by Gasteiger charge is 2.45. The van der Waals surface area contributed by atoms with Crippen LogP contribution in [0.15, 0.2) is 0 Å². The van der Waals surface area contributed by atoms with Crippen molar-refractivity contribution in [2.45, 2.75) is 19.0 Å². The second kappa shape index (κ2) is 9.22. The van der Waals surface area contributed by atoms with Crippen molar-refractivity contribution in [3.05, 3.63) is 0 Å². The minimum atomic E-state index is -2.13. The molecule has 0 amide bonds. The number of rotatable bonds is 11. The first kappa shape index (κ1) is 21.0. The van der Waals surface area contributed by atoms with Crippen LogP contribution in [0.2, 0.25) is 12.1 Å². The van der Waals surface area contributed by atoms with Gasteiger partial charge in [-0.25, -0.2) is 0 Å². The Morgan fingerprint density at radius 3 is 1.29 bits per heavy atom. The predicted octanol–water partition coefficient (Wildman–Crippen LogP) is 1.41. The van der Waals surface area contributed by atoms with E-state index in [4.69, 9.17) is 8.85 Å². The van der Waals surface area contributed by atoms with E-state index in [1.54, 1.807) is 0 Å². The number of hydrogen-bond acceptors (Lipinski definition) is 5. The largest absolute Gasteiger partial charge is 0.398 e. The standard InChI is InChI=1S/C15H37N3O2Si/c1-10-21(19-8,20-9)14-15(11-16(2)3,12-17(4)5)13-18(6)7/h10-14H2,1-9H3. The molecule has 0 aliphatic rings. The smallest absolute Gasteiger partial charge is 0.338 e. The van der Waals surface area contributed by atoms with Gasteiger partial charge in [0.05, 0.1) is 0 Å². The van der Waals surface area contributed by atoms with Crippen molar-refractivity contribution in [1.29, 1.82) is 0 Å². The van der Waals surface area contributed by atoms with Crippen LogP contribution in [0.5, 0.6) is 0 Å². The van der Waals surface area contributed by atoms with Crippen molar-refractivity contribution in [1.82, 2.24) is 14.7 Å². The molecule has 0 bridgehead atoms. The molecule has 0 aliphatic carbocycles. The summed E-state index contributed by atoms with van der Waals surface area (Å²) >= 11 is 0. The van der Waals surface area contributed by atoms with Crippen LogP contribution >= 0.6 is 0 Å². The molecule has 0 aromatic rings. The normalized spacial score (nSPS) is 13.7. The Kier molecular flexibility index (Phi) is 9.23. The SMILES string of the molecule is CC[Si](CC(CN(C)C)(CN(C)C)CN(C)C)(OC)OC. The second-order valence-corrected chi connectivity index (χ2v) is 10.8. The zero-order valence-corrected chi connectivity index (χ0v) is 16.7. The summed E-state index contributed by atoms with van der Waals surface area (Å²) in [6.07, 6.45) is 0. The Hall–Kier alpha value is 0.0169. The predicted molar refractivity (Wildman–Crippen MR) is 93.2 cm³/mol. The monoisotopic (exact) mass is 319 g/mol. The van der Waals surface area contributed by atoms with Crippen molar-refractivity contribution >= 4 is 8.56 Å². The van der Waals surface area contributed by atoms with Gasteiger partial charge in [-0.05, 0) is 48.3 Å². The van der Waals surface area contributed by atoms with Crippen LogP contribution in [-0.2, 0) is 8.85 Å². The summed E-state index contributed by atoms with van der Waals surface area (Å²) < 4.78 is 11.8. The molecular formula is C15H37N3O2Si. The third-order valence-electron chi connectivity index (χ3n) is 3.88. The summed E-state index contributed by atoms with van der Waals surface area (Å²) in [4.78, 5) is 6.85. The molecule has 0 N–H and O–H groups in total. The van der Waals surface area contributed by atoms with Crippen LogP contribution in [0.1, 0.15) is 6.92 Å². The fraction of sp³-hybridized carbons (Fsp3) is 1.00. The molecule has 0 radical (unpaired) electrons. The van der Waals surface area contributed by atoms with Crippen LogP contribution in [0.4, 0.5) is 0 Å². The third-order valence-corrected chi connectivity index (χ3v) is 7.74. The minimum Gasteiger partial charge on any atom is -0.398 e. The molecule has 0 spiro atoms. The molecule has 0 aromatic carbocycles. The van der Waals surface area contributed by atoms with Crippen molar-refractivity contribution in [2.75, 3.05) is 76.1 Å². The van der Waals surface area contributed by atoms with Gasteiger partial charge >= 0.3 is 8.56 Å². The molecule has 0 rings (SSSR count). The highest BCUT2D eigenvalue weighted by molar-refractivity contribution is 6.67. The highest BCUT2D eigenvalue weighted by Crippen LogP contribution is 2.34. The van der Waals surface area contributed by atoms with Gasteiger partial charge in [-0.2, -0.15) is 0 Å². The topological polar surface area (TPSA) is 28.2 Å². The first-order valence-electron chi connectivity index (χ1n) is 7.69. The Morgan fingerprint density at radius 1 is 0.762 bits per heavy atom. The molecule has 5 nitrogen and oxygen atoms in total. The Labute approximate surface area is 133 Å². The van der Waals surface area contributed by atoms with Gasteiger partial charge < -0.3 is 23.6 Å². The molecule has 128 valence electrons. The van der Waals surface area contributed by atoms with Gasteiger partial charge in [-0.15, -0.1) is 0 Å². The molecule has 0 unspecified atom stereocenters. The maximum atomic E-state index is 5.90. The van der Waals surface area contributed by atoms with Gasteiger partial charge in [0.25, 0.3) is 0 Å². The summed E-state index contributed by atoms with van der Waals surface area (Å²) in [6.45, 7) is 5.28. The lowest BCUT2D eigenvalue weighted by Crippen LogP contribution is -2.54. The van der Waals surface area contributed by atoms with Gasteiger partial charge in [-0.1, -0.05) is 6.92 Å². The van der Waals surface area contributed by atoms with Crippen LogP contribution in [0.3, 0.4) is 0 Å². The van der Waals surface area contributed by atoms with Gasteiger partial charge in [0, 0.05) is 45.3 Å². The highest BCUT2D eigenvalue weighted by atomic mass is 28.4. The van der Waals surface area contributed by atoms with Gasteiger partial charge in [0.15, 0.2) is 0 Å². The van der Waals surface area contributed by atoms with E-state index in [9.17, 15) is 0 Å². The Bertz CT molecular complexity index is 247. The summed E-state index contributed by atoms with van der Waals surface area (Å²) in [5, 5.41) is 0. The molecule has 0 aromatic heterocycles. The zero-order chi connectivity index (χ0) is 16.7. The van der Waals surface area contributed by atoms with Crippen molar-refractivity contribution in [3.8, 4) is 0 Å². The average Bonchev–Trinajstić information content (AvgIpc) is 2.33. The molecule has 0 saturated heterocycles. The van der Waals surface area contributed by atoms with E-state index >= 15 is 0 Å². The summed E-state index contributed by atoms with van der Waals surface area (Å²) in [5.74, 6) is 0. The zero-order valence-electron chi connectivity index (χ0n) is 15.7. The number of hydrogen-bond donors (Lipinski definition) is 0. The van der Waals surface area contributed by atoms with E-state index in [2.05, 4.69) is 63.9 Å². The molecule has 0 saturated carbocycles. The van der Waals surface area contributed by atoms with Crippen molar-refractivity contribution in [3.63, 3.8) is 0 Å². The Morgan fingerprint density at radius 2 is 1.10 bits per heavy atom. The first-order chi connectivity index (χ1) is 9.64. The molecule has 0 heterocycles. The van der Waals surface area contributed by atoms with Crippen LogP contribution < -0.4 is 0 Å². The Balaban J connectivity index is 5.49. The van der Waals surface area contributed by atoms with E-state index in [1.807, 2.05) is 14.2 Å². The molecule has 0 atom stereocenters. The molecular weight excluding hydrogens is 282 g/mol. The van der Waals surface area contributed by atoms with Gasteiger partial charge in [-0.3, -0.25) is 0 Å². The van der Waals surface area contributed by atoms with Gasteiger partial charge in [0.2, 0.25) is 0 Å². The van der Waals surface area contributed by atoms with E-state index in [1.165, 1.54) is 0 Å². The third kappa shape index (κ3) is 7.21. The van der Waals surface area contributed by atoms with E-state index in [-0.39, 0.29) is 5.41 Å². The molecule has 0 aliphatic heterocycles. The fourth-order valence-corrected chi connectivity index (χ4v) is 6.30. The van der Waals surface area contributed by atoms with Crippen molar-refractivity contribution < 1.29 is 8.85 Å². The van der Waals surface area contributed by atoms with E-state index in [0.717, 1.165) is 31.7 Å². The lowest BCUT2D eigenvalue weighted by Gasteiger charge is -2.44. The van der Waals surface area contributed by atoms with E-state index in [0.29, 0.717) is 0 Å². The second-order valence-electron chi connectivity index (χ2n) is 7.06. The summed E-state index contributed by atoms with van der Waals surface area (Å²) in [7, 11) is 14.4. The lowest BCUT2D eigenvalue weighted by molar-refractivity contribution is 0.106. The summed E-state index contributed by atoms with van der Waals surface area (Å²) in [6, 6.07) is 1.99. The fourth-order valence-electron chi connectivity index (χ4n) is 3.54. The molecule has 6 heteroatoms. The van der Waals surface area contributed by atoms with Crippen LogP contribution in [0, 0.1) is 5.41 Å². The maximum Gasteiger partial charge on any atom is 0.338 e. The van der Waals surface area contributed by atoms with Crippen LogP contribution in [0.25, 0.3) is 0 Å². The molecule has 0 fully saturated rings. The molecule has 21 heavy (non-hydrogen) atoms. The first-order valence-corrected chi connectivity index (χ1v) is 9.92. The van der Waals surface area contributed by atoms with Gasteiger partial charge in [0.1, 0.15) is 0 Å². The van der Waals surface area contributed by atoms with Crippen molar-refractivity contribution in [2.24, 2.45) is 5.41 Å².